The molecule has 0 radical (unpaired) electrons. The average molecular weight is 312 g/mol. The molecule has 0 spiro atoms. The van der Waals surface area contributed by atoms with Crippen molar-refractivity contribution in [3.8, 4) is 0 Å². The molecule has 3 rings (SSSR count). The van der Waals surface area contributed by atoms with Crippen molar-refractivity contribution in [3.63, 3.8) is 0 Å². The minimum absolute atomic E-state index is 0. The Labute approximate surface area is 131 Å². The smallest absolute Gasteiger partial charge is 0.429 e. The van der Waals surface area contributed by atoms with E-state index in [0.717, 1.165) is 12.0 Å². The number of rotatable bonds is 3. The molecule has 21 heavy (non-hydrogen) atoms. The van der Waals surface area contributed by atoms with Crippen LogP contribution in [0.1, 0.15) is 37.7 Å². The molecule has 1 aromatic carbocycles. The van der Waals surface area contributed by atoms with E-state index in [1.807, 2.05) is 30.3 Å². The van der Waals surface area contributed by atoms with Crippen molar-refractivity contribution < 1.29 is 14.3 Å². The summed E-state index contributed by atoms with van der Waals surface area (Å²) in [7, 11) is 0. The molecule has 1 saturated heterocycles. The molecule has 1 aromatic rings. The fourth-order valence-electron chi connectivity index (χ4n) is 3.24. The van der Waals surface area contributed by atoms with E-state index >= 15 is 0 Å². The van der Waals surface area contributed by atoms with Gasteiger partial charge in [-0.1, -0.05) is 43.2 Å². The highest BCUT2D eigenvalue weighted by Crippen LogP contribution is 2.33. The lowest BCUT2D eigenvalue weighted by atomic mass is 9.85. The molecule has 4 nitrogen and oxygen atoms in total. The minimum Gasteiger partial charge on any atom is -0.429 e. The number of benzene rings is 1. The summed E-state index contributed by atoms with van der Waals surface area (Å²) in [5.41, 5.74) is 0.970. The van der Waals surface area contributed by atoms with E-state index in [9.17, 15) is 4.79 Å². The Kier molecular flexibility index (Phi) is 5.88. The molecule has 2 fully saturated rings. The van der Waals surface area contributed by atoms with E-state index in [0.29, 0.717) is 12.0 Å². The molecule has 3 atom stereocenters. The van der Waals surface area contributed by atoms with Gasteiger partial charge in [0.25, 0.3) is 0 Å². The van der Waals surface area contributed by atoms with Crippen LogP contribution in [0.2, 0.25) is 0 Å². The molecule has 0 amide bonds. The number of fused-ring (bicyclic) bond motifs is 1. The molecule has 0 aromatic heterocycles. The third-order valence-corrected chi connectivity index (χ3v) is 4.26. The molecule has 0 bridgehead atoms. The summed E-state index contributed by atoms with van der Waals surface area (Å²) in [6.07, 6.45) is 5.19. The Morgan fingerprint density at radius 3 is 2.71 bits per heavy atom. The molecule has 1 N–H and O–H groups in total. The highest BCUT2D eigenvalue weighted by atomic mass is 35.5. The Morgan fingerprint density at radius 1 is 1.19 bits per heavy atom. The largest absolute Gasteiger partial charge is 0.510 e. The molecule has 1 aliphatic carbocycles. The highest BCUT2D eigenvalue weighted by Gasteiger charge is 2.37. The van der Waals surface area contributed by atoms with E-state index in [1.54, 1.807) is 0 Å². The van der Waals surface area contributed by atoms with Gasteiger partial charge in [0.1, 0.15) is 6.61 Å². The summed E-state index contributed by atoms with van der Waals surface area (Å²) in [4.78, 5) is 11.7. The fourth-order valence-corrected chi connectivity index (χ4v) is 3.24. The van der Waals surface area contributed by atoms with Gasteiger partial charge in [-0.3, -0.25) is 5.32 Å². The van der Waals surface area contributed by atoms with Crippen LogP contribution in [-0.4, -0.2) is 18.4 Å². The van der Waals surface area contributed by atoms with Crippen LogP contribution in [0, 0.1) is 5.92 Å². The maximum absolute atomic E-state index is 11.7. The number of carbonyl (C=O) groups excluding carboxylic acids is 1. The maximum Gasteiger partial charge on any atom is 0.510 e. The SMILES string of the molecule is Cl.O=C(OCc1ccccc1)OC1CC2CCCCC2N1. The molecular weight excluding hydrogens is 290 g/mol. The van der Waals surface area contributed by atoms with E-state index in [1.165, 1.54) is 25.7 Å². The van der Waals surface area contributed by atoms with Gasteiger partial charge in [0.2, 0.25) is 0 Å². The predicted octanol–water partition coefficient (Wildman–Crippen LogP) is 3.64. The topological polar surface area (TPSA) is 47.6 Å². The van der Waals surface area contributed by atoms with Gasteiger partial charge < -0.3 is 9.47 Å². The standard InChI is InChI=1S/C16H21NO3.ClH/c18-16(19-11-12-6-2-1-3-7-12)20-15-10-13-8-4-5-9-14(13)17-15;/h1-3,6-7,13-15,17H,4-5,8-11H2;1H. The van der Waals surface area contributed by atoms with Gasteiger partial charge in [-0.25, -0.2) is 4.79 Å². The molecule has 116 valence electrons. The van der Waals surface area contributed by atoms with Gasteiger partial charge in [0.05, 0.1) is 0 Å². The molecule has 1 aliphatic heterocycles. The molecule has 1 heterocycles. The van der Waals surface area contributed by atoms with Gasteiger partial charge in [0, 0.05) is 12.5 Å². The van der Waals surface area contributed by atoms with Gasteiger partial charge in [-0.05, 0) is 24.3 Å². The average Bonchev–Trinajstić information content (AvgIpc) is 2.88. The number of halogens is 1. The zero-order valence-corrected chi connectivity index (χ0v) is 12.8. The number of hydrogen-bond donors (Lipinski definition) is 1. The summed E-state index contributed by atoms with van der Waals surface area (Å²) in [6.45, 7) is 0.263. The van der Waals surface area contributed by atoms with Crippen LogP contribution in [-0.2, 0) is 16.1 Å². The lowest BCUT2D eigenvalue weighted by Gasteiger charge is -2.23. The van der Waals surface area contributed by atoms with E-state index in [4.69, 9.17) is 9.47 Å². The summed E-state index contributed by atoms with van der Waals surface area (Å²) in [6, 6.07) is 10.2. The third kappa shape index (κ3) is 4.35. The Balaban J connectivity index is 0.00000161. The minimum atomic E-state index is -0.579. The first-order chi connectivity index (χ1) is 9.81. The molecule has 5 heteroatoms. The second kappa shape index (κ2) is 7.66. The second-order valence-electron chi connectivity index (χ2n) is 5.68. The zero-order valence-electron chi connectivity index (χ0n) is 12.0. The van der Waals surface area contributed by atoms with Crippen molar-refractivity contribution in [3.05, 3.63) is 35.9 Å². The Bertz CT molecular complexity index is 440. The monoisotopic (exact) mass is 311 g/mol. The van der Waals surface area contributed by atoms with Crippen LogP contribution < -0.4 is 5.32 Å². The number of carbonyl (C=O) groups is 1. The zero-order chi connectivity index (χ0) is 13.8. The fraction of sp³-hybridized carbons (Fsp3) is 0.562. The summed E-state index contributed by atoms with van der Waals surface area (Å²) >= 11 is 0. The second-order valence-corrected chi connectivity index (χ2v) is 5.68. The quantitative estimate of drug-likeness (QED) is 0.866. The van der Waals surface area contributed by atoms with Crippen molar-refractivity contribution >= 4 is 18.6 Å². The first kappa shape index (κ1) is 16.1. The van der Waals surface area contributed by atoms with Crippen molar-refractivity contribution in [1.29, 1.82) is 0 Å². The number of hydrogen-bond acceptors (Lipinski definition) is 4. The van der Waals surface area contributed by atoms with E-state index < -0.39 is 6.16 Å². The van der Waals surface area contributed by atoms with Crippen LogP contribution in [0.5, 0.6) is 0 Å². The Hall–Kier alpha value is -1.26. The van der Waals surface area contributed by atoms with Gasteiger partial charge in [0.15, 0.2) is 6.23 Å². The van der Waals surface area contributed by atoms with Crippen molar-refractivity contribution in [2.45, 2.75) is 51.0 Å². The van der Waals surface area contributed by atoms with Crippen LogP contribution in [0.4, 0.5) is 4.79 Å². The summed E-state index contributed by atoms with van der Waals surface area (Å²) in [5.74, 6) is 0.663. The first-order valence-electron chi connectivity index (χ1n) is 7.44. The molecular formula is C16H22ClNO3. The predicted molar refractivity (Wildman–Crippen MR) is 82.2 cm³/mol. The first-order valence-corrected chi connectivity index (χ1v) is 7.44. The van der Waals surface area contributed by atoms with E-state index in [-0.39, 0.29) is 25.2 Å². The van der Waals surface area contributed by atoms with Gasteiger partial charge >= 0.3 is 6.16 Å². The molecule has 2 aliphatic rings. The molecule has 3 unspecified atom stereocenters. The normalized spacial score (nSPS) is 27.3. The van der Waals surface area contributed by atoms with Crippen LogP contribution in [0.25, 0.3) is 0 Å². The maximum atomic E-state index is 11.7. The summed E-state index contributed by atoms with van der Waals surface area (Å²) < 4.78 is 10.5. The number of nitrogens with one attached hydrogen (secondary N) is 1. The van der Waals surface area contributed by atoms with Crippen LogP contribution in [0.3, 0.4) is 0 Å². The summed E-state index contributed by atoms with van der Waals surface area (Å²) in [5, 5.41) is 3.40. The Morgan fingerprint density at radius 2 is 1.95 bits per heavy atom. The van der Waals surface area contributed by atoms with Gasteiger partial charge in [-0.15, -0.1) is 12.4 Å². The van der Waals surface area contributed by atoms with Crippen LogP contribution >= 0.6 is 12.4 Å². The van der Waals surface area contributed by atoms with Crippen LogP contribution in [0.15, 0.2) is 30.3 Å². The van der Waals surface area contributed by atoms with Crippen molar-refractivity contribution in [2.75, 3.05) is 0 Å². The lowest BCUT2D eigenvalue weighted by molar-refractivity contribution is 0.0123. The molecule has 1 saturated carbocycles. The van der Waals surface area contributed by atoms with Crippen molar-refractivity contribution in [2.24, 2.45) is 5.92 Å². The van der Waals surface area contributed by atoms with Crippen molar-refractivity contribution in [1.82, 2.24) is 5.32 Å². The lowest BCUT2D eigenvalue weighted by Crippen LogP contribution is -2.35. The highest BCUT2D eigenvalue weighted by molar-refractivity contribution is 5.85. The number of ether oxygens (including phenoxy) is 2. The third-order valence-electron chi connectivity index (χ3n) is 4.26. The van der Waals surface area contributed by atoms with Gasteiger partial charge in [-0.2, -0.15) is 0 Å². The van der Waals surface area contributed by atoms with E-state index in [2.05, 4.69) is 5.32 Å².